The van der Waals surface area contributed by atoms with Gasteiger partial charge in [-0.3, -0.25) is 14.2 Å². The summed E-state index contributed by atoms with van der Waals surface area (Å²) in [5, 5.41) is 1.02. The standard InChI is InChI=1S/C27H25ClFN3O2/c1-4-15-31(26(33)20-9-5-7-11-22(20)29)18(3)25-30-23-12-8-6-10-21(23)27(34)32(25)24-14-13-19(28)16-17(24)2/h5-14,16,18H,4,15H2,1-3H3. The van der Waals surface area contributed by atoms with Crippen LogP contribution in [0.25, 0.3) is 16.6 Å². The number of carbonyl (C=O) groups is 1. The zero-order chi connectivity index (χ0) is 24.4. The number of halogens is 2. The van der Waals surface area contributed by atoms with E-state index in [1.165, 1.54) is 16.7 Å². The number of para-hydroxylation sites is 1. The lowest BCUT2D eigenvalue weighted by molar-refractivity contribution is 0.0676. The molecule has 4 rings (SSSR count). The van der Waals surface area contributed by atoms with Crippen LogP contribution in [0.3, 0.4) is 0 Å². The lowest BCUT2D eigenvalue weighted by Crippen LogP contribution is -2.38. The molecule has 4 aromatic rings. The summed E-state index contributed by atoms with van der Waals surface area (Å²) in [5.74, 6) is -0.639. The molecule has 0 bridgehead atoms. The third-order valence-electron chi connectivity index (χ3n) is 5.87. The van der Waals surface area contributed by atoms with E-state index >= 15 is 0 Å². The van der Waals surface area contributed by atoms with Crippen LogP contribution in [0.4, 0.5) is 4.39 Å². The lowest BCUT2D eigenvalue weighted by atomic mass is 10.1. The maximum absolute atomic E-state index is 14.5. The molecule has 0 aliphatic rings. The molecule has 1 aromatic heterocycles. The molecule has 0 fully saturated rings. The average Bonchev–Trinajstić information content (AvgIpc) is 2.82. The molecule has 1 amide bonds. The van der Waals surface area contributed by atoms with Crippen LogP contribution in [0.5, 0.6) is 0 Å². The van der Waals surface area contributed by atoms with Crippen molar-refractivity contribution in [3.8, 4) is 5.69 Å². The second kappa shape index (κ2) is 9.77. The van der Waals surface area contributed by atoms with Gasteiger partial charge >= 0.3 is 0 Å². The van der Waals surface area contributed by atoms with Gasteiger partial charge in [0.05, 0.1) is 28.2 Å². The summed E-state index contributed by atoms with van der Waals surface area (Å²) in [4.78, 5) is 33.5. The Morgan fingerprint density at radius 2 is 1.82 bits per heavy atom. The van der Waals surface area contributed by atoms with Crippen molar-refractivity contribution in [3.63, 3.8) is 0 Å². The van der Waals surface area contributed by atoms with Crippen LogP contribution in [0, 0.1) is 12.7 Å². The molecule has 3 aromatic carbocycles. The molecule has 1 heterocycles. The molecule has 7 heteroatoms. The number of benzene rings is 3. The van der Waals surface area contributed by atoms with Crippen molar-refractivity contribution in [3.05, 3.63) is 105 Å². The van der Waals surface area contributed by atoms with Gasteiger partial charge in [-0.1, -0.05) is 42.8 Å². The topological polar surface area (TPSA) is 55.2 Å². The maximum atomic E-state index is 14.5. The molecule has 1 unspecified atom stereocenters. The predicted octanol–water partition coefficient (Wildman–Crippen LogP) is 6.10. The molecule has 34 heavy (non-hydrogen) atoms. The molecule has 0 saturated carbocycles. The molecular formula is C27H25ClFN3O2. The minimum atomic E-state index is -0.612. The van der Waals surface area contributed by atoms with Crippen molar-refractivity contribution < 1.29 is 9.18 Å². The number of hydrogen-bond acceptors (Lipinski definition) is 3. The number of aromatic nitrogens is 2. The molecule has 0 radical (unpaired) electrons. The number of amides is 1. The predicted molar refractivity (Wildman–Crippen MR) is 133 cm³/mol. The van der Waals surface area contributed by atoms with E-state index in [1.807, 2.05) is 26.8 Å². The molecule has 0 aliphatic carbocycles. The van der Waals surface area contributed by atoms with Crippen molar-refractivity contribution in [1.82, 2.24) is 14.5 Å². The third kappa shape index (κ3) is 4.33. The Bertz CT molecular complexity index is 1430. The summed E-state index contributed by atoms with van der Waals surface area (Å²) in [6.45, 7) is 5.99. The zero-order valence-electron chi connectivity index (χ0n) is 19.3. The zero-order valence-corrected chi connectivity index (χ0v) is 20.0. The van der Waals surface area contributed by atoms with Gasteiger partial charge in [0.25, 0.3) is 11.5 Å². The Kier molecular flexibility index (Phi) is 6.80. The first kappa shape index (κ1) is 23.6. The van der Waals surface area contributed by atoms with E-state index in [4.69, 9.17) is 16.6 Å². The number of nitrogens with zero attached hydrogens (tertiary/aromatic N) is 3. The second-order valence-electron chi connectivity index (χ2n) is 8.21. The molecular weight excluding hydrogens is 453 g/mol. The Hall–Kier alpha value is -3.51. The molecule has 5 nitrogen and oxygen atoms in total. The van der Waals surface area contributed by atoms with Crippen LogP contribution < -0.4 is 5.56 Å². The van der Waals surface area contributed by atoms with E-state index in [0.717, 1.165) is 5.56 Å². The van der Waals surface area contributed by atoms with Gasteiger partial charge < -0.3 is 4.90 Å². The summed E-state index contributed by atoms with van der Waals surface area (Å²) < 4.78 is 16.0. The van der Waals surface area contributed by atoms with Crippen molar-refractivity contribution in [2.24, 2.45) is 0 Å². The highest BCUT2D eigenvalue weighted by molar-refractivity contribution is 6.30. The van der Waals surface area contributed by atoms with E-state index in [9.17, 15) is 14.0 Å². The van der Waals surface area contributed by atoms with Gasteiger partial charge in [-0.15, -0.1) is 0 Å². The smallest absolute Gasteiger partial charge is 0.266 e. The fourth-order valence-corrected chi connectivity index (χ4v) is 4.40. The summed E-state index contributed by atoms with van der Waals surface area (Å²) in [7, 11) is 0. The van der Waals surface area contributed by atoms with Gasteiger partial charge in [0.2, 0.25) is 0 Å². The number of carbonyl (C=O) groups excluding carboxylic acids is 1. The fraction of sp³-hybridized carbons (Fsp3) is 0.222. The molecule has 0 spiro atoms. The summed E-state index contributed by atoms with van der Waals surface area (Å²) in [6.07, 6.45) is 0.655. The van der Waals surface area contributed by atoms with Gasteiger partial charge in [0, 0.05) is 11.6 Å². The molecule has 174 valence electrons. The van der Waals surface area contributed by atoms with Gasteiger partial charge in [0.15, 0.2) is 0 Å². The van der Waals surface area contributed by atoms with Crippen LogP contribution in [0.1, 0.15) is 48.1 Å². The molecule has 0 N–H and O–H groups in total. The van der Waals surface area contributed by atoms with Gasteiger partial charge in [-0.2, -0.15) is 0 Å². The fourth-order valence-electron chi connectivity index (χ4n) is 4.17. The Balaban J connectivity index is 1.95. The SMILES string of the molecule is CCCN(C(=O)c1ccccc1F)C(C)c1nc2ccccc2c(=O)n1-c1ccc(Cl)cc1C. The monoisotopic (exact) mass is 477 g/mol. The highest BCUT2D eigenvalue weighted by Gasteiger charge is 2.28. The van der Waals surface area contributed by atoms with Crippen molar-refractivity contribution >= 4 is 28.4 Å². The van der Waals surface area contributed by atoms with Crippen LogP contribution in [0.15, 0.2) is 71.5 Å². The van der Waals surface area contributed by atoms with E-state index < -0.39 is 17.8 Å². The number of fused-ring (bicyclic) bond motifs is 1. The third-order valence-corrected chi connectivity index (χ3v) is 6.11. The quantitative estimate of drug-likeness (QED) is 0.337. The average molecular weight is 478 g/mol. The van der Waals surface area contributed by atoms with E-state index in [2.05, 4.69) is 0 Å². The highest BCUT2D eigenvalue weighted by atomic mass is 35.5. The van der Waals surface area contributed by atoms with Gasteiger partial charge in [-0.25, -0.2) is 9.37 Å². The van der Waals surface area contributed by atoms with Gasteiger partial charge in [-0.05, 0) is 68.3 Å². The first-order valence-corrected chi connectivity index (χ1v) is 11.5. The molecule has 0 aliphatic heterocycles. The highest BCUT2D eigenvalue weighted by Crippen LogP contribution is 2.27. The van der Waals surface area contributed by atoms with Crippen LogP contribution in [0.2, 0.25) is 5.02 Å². The second-order valence-corrected chi connectivity index (χ2v) is 8.65. The first-order valence-electron chi connectivity index (χ1n) is 11.2. The minimum absolute atomic E-state index is 0.0137. The van der Waals surface area contributed by atoms with Crippen molar-refractivity contribution in [2.45, 2.75) is 33.2 Å². The van der Waals surface area contributed by atoms with Gasteiger partial charge in [0.1, 0.15) is 11.6 Å². The van der Waals surface area contributed by atoms with E-state index in [-0.39, 0.29) is 11.1 Å². The van der Waals surface area contributed by atoms with Crippen LogP contribution in [-0.4, -0.2) is 26.9 Å². The summed E-state index contributed by atoms with van der Waals surface area (Å²) >= 11 is 6.17. The van der Waals surface area contributed by atoms with E-state index in [0.29, 0.717) is 40.4 Å². The number of hydrogen-bond donors (Lipinski definition) is 0. The Labute approximate surface area is 202 Å². The van der Waals surface area contributed by atoms with Crippen molar-refractivity contribution in [2.75, 3.05) is 6.54 Å². The minimum Gasteiger partial charge on any atom is -0.329 e. The molecule has 0 saturated heterocycles. The lowest BCUT2D eigenvalue weighted by Gasteiger charge is -2.30. The Morgan fingerprint density at radius 3 is 2.53 bits per heavy atom. The number of rotatable bonds is 6. The maximum Gasteiger partial charge on any atom is 0.266 e. The largest absolute Gasteiger partial charge is 0.329 e. The number of aryl methyl sites for hydroxylation is 1. The van der Waals surface area contributed by atoms with E-state index in [1.54, 1.807) is 53.4 Å². The van der Waals surface area contributed by atoms with Crippen LogP contribution in [-0.2, 0) is 0 Å². The summed E-state index contributed by atoms with van der Waals surface area (Å²) in [5.41, 5.74) is 1.70. The summed E-state index contributed by atoms with van der Waals surface area (Å²) in [6, 6.07) is 17.7. The first-order chi connectivity index (χ1) is 16.3. The normalized spacial score (nSPS) is 12.0. The Morgan fingerprint density at radius 1 is 1.12 bits per heavy atom. The van der Waals surface area contributed by atoms with Crippen molar-refractivity contribution in [1.29, 1.82) is 0 Å². The van der Waals surface area contributed by atoms with Crippen LogP contribution >= 0.6 is 11.6 Å². The molecule has 1 atom stereocenters.